The first-order chi connectivity index (χ1) is 10.6. The molecule has 0 bridgehead atoms. The van der Waals surface area contributed by atoms with Crippen molar-refractivity contribution in [3.63, 3.8) is 0 Å². The molecule has 0 saturated heterocycles. The third-order valence-electron chi connectivity index (χ3n) is 2.95. The van der Waals surface area contributed by atoms with E-state index in [4.69, 9.17) is 12.2 Å². The minimum Gasteiger partial charge on any atom is -0.250 e. The lowest BCUT2D eigenvalue weighted by Crippen LogP contribution is -1.95. The Bertz CT molecular complexity index is 866. The number of halogens is 2. The Labute approximate surface area is 139 Å². The highest BCUT2D eigenvalue weighted by Crippen LogP contribution is 2.20. The molecule has 2 aromatic carbocycles. The maximum atomic E-state index is 12.9. The SMILES string of the molecule is Fc1ccc(C=Nn2c(-c3ccc(Br)cc3)n[nH]c2=S)cc1. The molecular weight excluding hydrogens is 367 g/mol. The molecule has 0 unspecified atom stereocenters. The minimum atomic E-state index is -0.285. The molecule has 1 N–H and O–H groups in total. The molecule has 0 aliphatic rings. The lowest BCUT2D eigenvalue weighted by atomic mass is 10.2. The van der Waals surface area contributed by atoms with Crippen molar-refractivity contribution in [3.05, 3.63) is 69.2 Å². The van der Waals surface area contributed by atoms with Gasteiger partial charge < -0.3 is 0 Å². The smallest absolute Gasteiger partial charge is 0.216 e. The third-order valence-corrected chi connectivity index (χ3v) is 3.74. The van der Waals surface area contributed by atoms with Crippen molar-refractivity contribution in [2.24, 2.45) is 5.10 Å². The largest absolute Gasteiger partial charge is 0.250 e. The molecule has 0 radical (unpaired) electrons. The molecular formula is C15H10BrFN4S. The van der Waals surface area contributed by atoms with Gasteiger partial charge in [0.1, 0.15) is 5.82 Å². The standard InChI is InChI=1S/C15H10BrFN4S/c16-12-5-3-11(4-6-12)14-19-20-15(22)21(14)18-9-10-1-7-13(17)8-2-10/h1-9H,(H,20,22). The summed E-state index contributed by atoms with van der Waals surface area (Å²) in [6, 6.07) is 13.7. The van der Waals surface area contributed by atoms with E-state index in [2.05, 4.69) is 31.2 Å². The summed E-state index contributed by atoms with van der Waals surface area (Å²) >= 11 is 8.59. The van der Waals surface area contributed by atoms with Gasteiger partial charge in [-0.25, -0.2) is 9.49 Å². The first-order valence-corrected chi connectivity index (χ1v) is 7.57. The summed E-state index contributed by atoms with van der Waals surface area (Å²) in [6.07, 6.45) is 1.60. The highest BCUT2D eigenvalue weighted by molar-refractivity contribution is 9.10. The highest BCUT2D eigenvalue weighted by Gasteiger charge is 2.07. The average Bonchev–Trinajstić information content (AvgIpc) is 2.89. The van der Waals surface area contributed by atoms with E-state index in [1.165, 1.54) is 16.8 Å². The van der Waals surface area contributed by atoms with Crippen LogP contribution in [0.15, 0.2) is 58.1 Å². The molecule has 0 spiro atoms. The van der Waals surface area contributed by atoms with Crippen LogP contribution in [0, 0.1) is 10.6 Å². The first kappa shape index (κ1) is 14.8. The van der Waals surface area contributed by atoms with Crippen molar-refractivity contribution in [1.29, 1.82) is 0 Å². The number of nitrogens with one attached hydrogen (secondary N) is 1. The monoisotopic (exact) mass is 376 g/mol. The zero-order valence-electron chi connectivity index (χ0n) is 11.2. The molecule has 0 aliphatic heterocycles. The summed E-state index contributed by atoms with van der Waals surface area (Å²) in [5, 5.41) is 11.2. The fraction of sp³-hybridized carbons (Fsp3) is 0. The lowest BCUT2D eigenvalue weighted by molar-refractivity contribution is 0.628. The molecule has 0 aliphatic carbocycles. The predicted octanol–water partition coefficient (Wildman–Crippen LogP) is 4.39. The van der Waals surface area contributed by atoms with Gasteiger partial charge in [-0.15, -0.1) is 0 Å². The molecule has 0 fully saturated rings. The number of rotatable bonds is 3. The topological polar surface area (TPSA) is 46.0 Å². The van der Waals surface area contributed by atoms with Gasteiger partial charge in [0.05, 0.1) is 6.21 Å². The summed E-state index contributed by atoms with van der Waals surface area (Å²) in [4.78, 5) is 0. The Morgan fingerprint density at radius 3 is 2.50 bits per heavy atom. The van der Waals surface area contributed by atoms with Gasteiger partial charge in [-0.05, 0) is 42.0 Å². The zero-order valence-corrected chi connectivity index (χ0v) is 13.6. The molecule has 0 atom stereocenters. The van der Waals surface area contributed by atoms with E-state index in [-0.39, 0.29) is 5.82 Å². The third kappa shape index (κ3) is 3.20. The van der Waals surface area contributed by atoms with Gasteiger partial charge in [0, 0.05) is 10.0 Å². The van der Waals surface area contributed by atoms with Crippen molar-refractivity contribution in [2.45, 2.75) is 0 Å². The molecule has 110 valence electrons. The number of benzene rings is 2. The van der Waals surface area contributed by atoms with Gasteiger partial charge >= 0.3 is 0 Å². The van der Waals surface area contributed by atoms with Crippen molar-refractivity contribution in [3.8, 4) is 11.4 Å². The Balaban J connectivity index is 1.97. The van der Waals surface area contributed by atoms with Crippen LogP contribution >= 0.6 is 28.1 Å². The molecule has 4 nitrogen and oxygen atoms in total. The van der Waals surface area contributed by atoms with Crippen LogP contribution in [-0.2, 0) is 0 Å². The van der Waals surface area contributed by atoms with Gasteiger partial charge in [-0.1, -0.05) is 40.2 Å². The van der Waals surface area contributed by atoms with E-state index in [9.17, 15) is 4.39 Å². The molecule has 1 heterocycles. The minimum absolute atomic E-state index is 0.285. The Morgan fingerprint density at radius 1 is 1.14 bits per heavy atom. The number of H-pyrrole nitrogens is 1. The summed E-state index contributed by atoms with van der Waals surface area (Å²) in [5.74, 6) is 0.323. The van der Waals surface area contributed by atoms with Crippen LogP contribution in [-0.4, -0.2) is 21.1 Å². The van der Waals surface area contributed by atoms with E-state index < -0.39 is 0 Å². The highest BCUT2D eigenvalue weighted by atomic mass is 79.9. The van der Waals surface area contributed by atoms with Gasteiger partial charge in [0.25, 0.3) is 0 Å². The molecule has 7 heteroatoms. The summed E-state index contributed by atoms with van der Waals surface area (Å²) in [5.41, 5.74) is 1.65. The van der Waals surface area contributed by atoms with Crippen LogP contribution in [0.3, 0.4) is 0 Å². The Morgan fingerprint density at radius 2 is 1.82 bits per heavy atom. The number of aromatic nitrogens is 3. The van der Waals surface area contributed by atoms with Crippen LogP contribution in [0.2, 0.25) is 0 Å². The second-order valence-electron chi connectivity index (χ2n) is 4.47. The second-order valence-corrected chi connectivity index (χ2v) is 5.77. The van der Waals surface area contributed by atoms with Gasteiger partial charge in [-0.2, -0.15) is 14.9 Å². The van der Waals surface area contributed by atoms with Crippen LogP contribution in [0.5, 0.6) is 0 Å². The number of hydrogen-bond acceptors (Lipinski definition) is 3. The van der Waals surface area contributed by atoms with Gasteiger partial charge in [-0.3, -0.25) is 0 Å². The average molecular weight is 377 g/mol. The van der Waals surface area contributed by atoms with Crippen molar-refractivity contribution in [1.82, 2.24) is 14.9 Å². The number of aromatic amines is 1. The van der Waals surface area contributed by atoms with Crippen LogP contribution in [0.4, 0.5) is 4.39 Å². The molecule has 3 rings (SSSR count). The maximum Gasteiger partial charge on any atom is 0.216 e. The lowest BCUT2D eigenvalue weighted by Gasteiger charge is -2.01. The molecule has 0 amide bonds. The first-order valence-electron chi connectivity index (χ1n) is 6.37. The van der Waals surface area contributed by atoms with Crippen LogP contribution in [0.25, 0.3) is 11.4 Å². The van der Waals surface area contributed by atoms with Crippen molar-refractivity contribution >= 4 is 34.4 Å². The zero-order chi connectivity index (χ0) is 15.5. The fourth-order valence-corrected chi connectivity index (χ4v) is 2.30. The fourth-order valence-electron chi connectivity index (χ4n) is 1.86. The molecule has 0 saturated carbocycles. The summed E-state index contributed by atoms with van der Waals surface area (Å²) < 4.78 is 15.8. The maximum absolute atomic E-state index is 12.9. The van der Waals surface area contributed by atoms with Gasteiger partial charge in [0.2, 0.25) is 4.77 Å². The van der Waals surface area contributed by atoms with Crippen molar-refractivity contribution < 1.29 is 4.39 Å². The molecule has 1 aromatic heterocycles. The van der Waals surface area contributed by atoms with E-state index in [0.29, 0.717) is 10.6 Å². The Kier molecular flexibility index (Phi) is 4.26. The van der Waals surface area contributed by atoms with E-state index in [1.807, 2.05) is 24.3 Å². The van der Waals surface area contributed by atoms with E-state index >= 15 is 0 Å². The van der Waals surface area contributed by atoms with Crippen LogP contribution in [0.1, 0.15) is 5.56 Å². The van der Waals surface area contributed by atoms with Crippen LogP contribution < -0.4 is 0 Å². The summed E-state index contributed by atoms with van der Waals surface area (Å²) in [6.45, 7) is 0. The predicted molar refractivity (Wildman–Crippen MR) is 89.9 cm³/mol. The van der Waals surface area contributed by atoms with E-state index in [0.717, 1.165) is 15.6 Å². The summed E-state index contributed by atoms with van der Waals surface area (Å²) in [7, 11) is 0. The van der Waals surface area contributed by atoms with Gasteiger partial charge in [0.15, 0.2) is 5.82 Å². The normalized spacial score (nSPS) is 11.2. The molecule has 22 heavy (non-hydrogen) atoms. The number of hydrogen-bond donors (Lipinski definition) is 1. The van der Waals surface area contributed by atoms with E-state index in [1.54, 1.807) is 18.3 Å². The quantitative estimate of drug-likeness (QED) is 0.544. The molecule has 3 aromatic rings. The van der Waals surface area contributed by atoms with Crippen molar-refractivity contribution in [2.75, 3.05) is 0 Å². The second kappa shape index (κ2) is 6.33. The Hall–Kier alpha value is -2.12. The number of nitrogens with zero attached hydrogens (tertiary/aromatic N) is 3.